The molecule has 2 aliphatic heterocycles. The Morgan fingerprint density at radius 3 is 2.62 bits per heavy atom. The molecule has 130 valence electrons. The average Bonchev–Trinajstić information content (AvgIpc) is 3.01. The number of ether oxygens (including phenoxy) is 2. The summed E-state index contributed by atoms with van der Waals surface area (Å²) in [4.78, 5) is 29.6. The standard InChI is InChI=1S/C17H23N3O4/c1-18(2)17(22)19-9-14-15(10-19)24-11-16(21)20(14)8-12-4-6-13(23-3)7-5-12/h4-7,14-15H,8-11H2,1-3H3/t14-,15-/m1/s1. The van der Waals surface area contributed by atoms with Crippen molar-refractivity contribution in [2.45, 2.75) is 18.7 Å². The first-order valence-corrected chi connectivity index (χ1v) is 8.00. The molecule has 0 spiro atoms. The van der Waals surface area contributed by atoms with Crippen LogP contribution in [0.4, 0.5) is 4.79 Å². The van der Waals surface area contributed by atoms with E-state index in [2.05, 4.69) is 0 Å². The summed E-state index contributed by atoms with van der Waals surface area (Å²) in [6, 6.07) is 7.52. The molecule has 0 N–H and O–H groups in total. The van der Waals surface area contributed by atoms with Crippen molar-refractivity contribution in [2.24, 2.45) is 0 Å². The van der Waals surface area contributed by atoms with Gasteiger partial charge in [0, 0.05) is 27.2 Å². The fraction of sp³-hybridized carbons (Fsp3) is 0.529. The van der Waals surface area contributed by atoms with E-state index >= 15 is 0 Å². The second-order valence-electron chi connectivity index (χ2n) is 6.37. The van der Waals surface area contributed by atoms with Gasteiger partial charge in [-0.3, -0.25) is 4.79 Å². The van der Waals surface area contributed by atoms with Gasteiger partial charge in [-0.15, -0.1) is 0 Å². The second kappa shape index (κ2) is 6.68. The van der Waals surface area contributed by atoms with E-state index in [0.717, 1.165) is 11.3 Å². The number of likely N-dealkylation sites (tertiary alicyclic amines) is 1. The van der Waals surface area contributed by atoms with Crippen molar-refractivity contribution >= 4 is 11.9 Å². The molecule has 0 aliphatic carbocycles. The van der Waals surface area contributed by atoms with Crippen molar-refractivity contribution in [1.82, 2.24) is 14.7 Å². The van der Waals surface area contributed by atoms with Gasteiger partial charge in [0.25, 0.3) is 0 Å². The maximum absolute atomic E-state index is 12.3. The van der Waals surface area contributed by atoms with E-state index in [1.165, 1.54) is 0 Å². The van der Waals surface area contributed by atoms with Gasteiger partial charge in [0.05, 0.1) is 25.8 Å². The first-order chi connectivity index (χ1) is 11.5. The summed E-state index contributed by atoms with van der Waals surface area (Å²) >= 11 is 0. The van der Waals surface area contributed by atoms with Crippen LogP contribution in [0.15, 0.2) is 24.3 Å². The van der Waals surface area contributed by atoms with Crippen LogP contribution >= 0.6 is 0 Å². The van der Waals surface area contributed by atoms with Gasteiger partial charge in [0.2, 0.25) is 5.91 Å². The molecule has 7 heteroatoms. The number of hydrogen-bond donors (Lipinski definition) is 0. The van der Waals surface area contributed by atoms with Crippen LogP contribution in [-0.4, -0.2) is 79.7 Å². The summed E-state index contributed by atoms with van der Waals surface area (Å²) in [5.41, 5.74) is 1.03. The first-order valence-electron chi connectivity index (χ1n) is 8.00. The maximum atomic E-state index is 12.3. The van der Waals surface area contributed by atoms with Crippen LogP contribution < -0.4 is 4.74 Å². The number of hydrogen-bond acceptors (Lipinski definition) is 4. The maximum Gasteiger partial charge on any atom is 0.319 e. The highest BCUT2D eigenvalue weighted by Gasteiger charge is 2.44. The molecule has 2 aliphatic rings. The molecule has 2 atom stereocenters. The van der Waals surface area contributed by atoms with E-state index < -0.39 is 0 Å². The van der Waals surface area contributed by atoms with Crippen LogP contribution in [0.5, 0.6) is 5.75 Å². The van der Waals surface area contributed by atoms with Crippen LogP contribution in [0.25, 0.3) is 0 Å². The number of methoxy groups -OCH3 is 1. The highest BCUT2D eigenvalue weighted by molar-refractivity contribution is 5.79. The van der Waals surface area contributed by atoms with Crippen molar-refractivity contribution in [1.29, 1.82) is 0 Å². The number of carbonyl (C=O) groups excluding carboxylic acids is 2. The molecule has 2 heterocycles. The molecular weight excluding hydrogens is 310 g/mol. The summed E-state index contributed by atoms with van der Waals surface area (Å²) < 4.78 is 10.8. The number of rotatable bonds is 3. The third-order valence-corrected chi connectivity index (χ3v) is 4.54. The SMILES string of the molecule is COc1ccc(CN2C(=O)CO[C@@H]3CN(C(=O)N(C)C)C[C@H]32)cc1. The van der Waals surface area contributed by atoms with E-state index in [9.17, 15) is 9.59 Å². The summed E-state index contributed by atoms with van der Waals surface area (Å²) in [5, 5.41) is 0. The molecule has 0 radical (unpaired) electrons. The highest BCUT2D eigenvalue weighted by Crippen LogP contribution is 2.26. The molecule has 2 fully saturated rings. The predicted octanol–water partition coefficient (Wildman–Crippen LogP) is 0.788. The lowest BCUT2D eigenvalue weighted by molar-refractivity contribution is -0.153. The Balaban J connectivity index is 1.73. The van der Waals surface area contributed by atoms with Crippen molar-refractivity contribution in [3.63, 3.8) is 0 Å². The van der Waals surface area contributed by atoms with Gasteiger partial charge in [-0.25, -0.2) is 4.79 Å². The molecule has 2 saturated heterocycles. The molecule has 1 aromatic rings. The van der Waals surface area contributed by atoms with Crippen LogP contribution in [0.3, 0.4) is 0 Å². The van der Waals surface area contributed by atoms with E-state index in [-0.39, 0.29) is 30.7 Å². The fourth-order valence-corrected chi connectivity index (χ4v) is 3.24. The zero-order chi connectivity index (χ0) is 17.3. The van der Waals surface area contributed by atoms with Crippen LogP contribution in [0, 0.1) is 0 Å². The largest absolute Gasteiger partial charge is 0.497 e. The Labute approximate surface area is 141 Å². The zero-order valence-electron chi connectivity index (χ0n) is 14.3. The van der Waals surface area contributed by atoms with E-state index in [1.807, 2.05) is 29.2 Å². The Morgan fingerprint density at radius 1 is 1.29 bits per heavy atom. The van der Waals surface area contributed by atoms with E-state index in [1.54, 1.807) is 31.0 Å². The normalized spacial score (nSPS) is 23.2. The van der Waals surface area contributed by atoms with Crippen LogP contribution in [-0.2, 0) is 16.1 Å². The Bertz CT molecular complexity index is 617. The number of urea groups is 1. The van der Waals surface area contributed by atoms with Crippen molar-refractivity contribution < 1.29 is 19.1 Å². The molecular formula is C17H23N3O4. The van der Waals surface area contributed by atoms with Gasteiger partial charge >= 0.3 is 6.03 Å². The topological polar surface area (TPSA) is 62.3 Å². The molecule has 0 aromatic heterocycles. The number of benzene rings is 1. The summed E-state index contributed by atoms with van der Waals surface area (Å²) in [7, 11) is 5.08. The van der Waals surface area contributed by atoms with E-state index in [0.29, 0.717) is 19.6 Å². The first kappa shape index (κ1) is 16.6. The lowest BCUT2D eigenvalue weighted by Gasteiger charge is -2.36. The van der Waals surface area contributed by atoms with Gasteiger partial charge in [-0.2, -0.15) is 0 Å². The second-order valence-corrected chi connectivity index (χ2v) is 6.37. The van der Waals surface area contributed by atoms with Gasteiger partial charge in [-0.1, -0.05) is 12.1 Å². The van der Waals surface area contributed by atoms with Crippen molar-refractivity contribution in [3.8, 4) is 5.75 Å². The Morgan fingerprint density at radius 2 is 2.00 bits per heavy atom. The van der Waals surface area contributed by atoms with Gasteiger partial charge in [-0.05, 0) is 17.7 Å². The monoisotopic (exact) mass is 333 g/mol. The third kappa shape index (κ3) is 3.17. The minimum atomic E-state index is -0.121. The minimum Gasteiger partial charge on any atom is -0.497 e. The highest BCUT2D eigenvalue weighted by atomic mass is 16.5. The van der Waals surface area contributed by atoms with Gasteiger partial charge in [0.1, 0.15) is 12.4 Å². The number of amides is 3. The smallest absolute Gasteiger partial charge is 0.319 e. The molecule has 0 unspecified atom stereocenters. The summed E-state index contributed by atoms with van der Waals surface area (Å²) in [6.07, 6.45) is -0.121. The van der Waals surface area contributed by atoms with Gasteiger partial charge in [0.15, 0.2) is 0 Å². The predicted molar refractivity (Wildman–Crippen MR) is 87.7 cm³/mol. The fourth-order valence-electron chi connectivity index (χ4n) is 3.24. The summed E-state index contributed by atoms with van der Waals surface area (Å²) in [6.45, 7) is 1.61. The quantitative estimate of drug-likeness (QED) is 0.820. The van der Waals surface area contributed by atoms with Crippen molar-refractivity contribution in [3.05, 3.63) is 29.8 Å². The molecule has 1 aromatic carbocycles. The molecule has 0 saturated carbocycles. The Kier molecular flexibility index (Phi) is 4.62. The van der Waals surface area contributed by atoms with Crippen LogP contribution in [0.2, 0.25) is 0 Å². The number of morpholine rings is 1. The molecule has 3 amide bonds. The van der Waals surface area contributed by atoms with E-state index in [4.69, 9.17) is 9.47 Å². The number of fused-ring (bicyclic) bond motifs is 1. The zero-order valence-corrected chi connectivity index (χ0v) is 14.3. The third-order valence-electron chi connectivity index (χ3n) is 4.54. The Hall–Kier alpha value is -2.28. The number of nitrogens with zero attached hydrogens (tertiary/aromatic N) is 3. The molecule has 7 nitrogen and oxygen atoms in total. The lowest BCUT2D eigenvalue weighted by atomic mass is 10.1. The minimum absolute atomic E-state index is 0.0359. The lowest BCUT2D eigenvalue weighted by Crippen LogP contribution is -2.53. The number of carbonyl (C=O) groups is 2. The summed E-state index contributed by atoms with van der Waals surface area (Å²) in [5.74, 6) is 0.750. The molecule has 24 heavy (non-hydrogen) atoms. The average molecular weight is 333 g/mol. The molecule has 3 rings (SSSR count). The van der Waals surface area contributed by atoms with Crippen molar-refractivity contribution in [2.75, 3.05) is 40.9 Å². The van der Waals surface area contributed by atoms with Gasteiger partial charge < -0.3 is 24.2 Å². The molecule has 0 bridgehead atoms. The van der Waals surface area contributed by atoms with Crippen LogP contribution in [0.1, 0.15) is 5.56 Å².